The lowest BCUT2D eigenvalue weighted by molar-refractivity contribution is 0.0999. The number of azo groups is 1. The van der Waals surface area contributed by atoms with Gasteiger partial charge < -0.3 is 9.67 Å². The Kier molecular flexibility index (Phi) is 3.53. The minimum Gasteiger partial charge on any atom is -0.493 e. The smallest absolute Gasteiger partial charge is 0.305 e. The van der Waals surface area contributed by atoms with Crippen molar-refractivity contribution in [1.82, 2.24) is 4.57 Å². The number of para-hydroxylation sites is 1. The maximum Gasteiger partial charge on any atom is 0.305 e. The van der Waals surface area contributed by atoms with E-state index in [0.29, 0.717) is 17.1 Å². The first-order valence-corrected chi connectivity index (χ1v) is 7.40. The number of aromatic hydroxyl groups is 1. The topological polar surface area (TPSA) is 66.9 Å². The molecule has 0 atom stereocenters. The number of nitrogens with zero attached hydrogens (tertiary/aromatic N) is 3. The van der Waals surface area contributed by atoms with E-state index in [0.717, 1.165) is 10.9 Å². The Labute approximate surface area is 125 Å². The average molecular weight is 299 g/mol. The van der Waals surface area contributed by atoms with Crippen molar-refractivity contribution < 1.29 is 9.90 Å². The number of carbonyl (C=O) groups is 1. The molecule has 3 rings (SSSR count). The van der Waals surface area contributed by atoms with Crippen molar-refractivity contribution in [3.8, 4) is 5.88 Å². The summed E-state index contributed by atoms with van der Waals surface area (Å²) in [5.74, 6) is -0.376. The first-order chi connectivity index (χ1) is 10.2. The van der Waals surface area contributed by atoms with Crippen LogP contribution in [0.2, 0.25) is 0 Å². The highest BCUT2D eigenvalue weighted by molar-refractivity contribution is 7.12. The van der Waals surface area contributed by atoms with Gasteiger partial charge >= 0.3 is 5.91 Å². The van der Waals surface area contributed by atoms with Crippen molar-refractivity contribution >= 4 is 33.8 Å². The lowest BCUT2D eigenvalue weighted by Gasteiger charge is -2.00. The largest absolute Gasteiger partial charge is 0.493 e. The van der Waals surface area contributed by atoms with E-state index in [1.54, 1.807) is 16.7 Å². The number of hydrogen-bond donors (Lipinski definition) is 1. The lowest BCUT2D eigenvalue weighted by Crippen LogP contribution is -1.91. The molecule has 0 saturated carbocycles. The summed E-state index contributed by atoms with van der Waals surface area (Å²) in [6, 6.07) is 11.0. The monoisotopic (exact) mass is 299 g/mol. The molecule has 106 valence electrons. The minimum atomic E-state index is -0.405. The lowest BCUT2D eigenvalue weighted by atomic mass is 10.2. The van der Waals surface area contributed by atoms with Gasteiger partial charge in [0.15, 0.2) is 5.69 Å². The van der Waals surface area contributed by atoms with Gasteiger partial charge in [-0.1, -0.05) is 24.3 Å². The van der Waals surface area contributed by atoms with E-state index in [1.165, 1.54) is 11.3 Å². The Hall–Kier alpha value is -2.47. The molecule has 2 aromatic heterocycles. The second kappa shape index (κ2) is 5.49. The molecule has 1 amide bonds. The molecule has 0 aliphatic heterocycles. The fourth-order valence-corrected chi connectivity index (χ4v) is 2.84. The van der Waals surface area contributed by atoms with E-state index < -0.39 is 5.91 Å². The maximum atomic E-state index is 11.9. The van der Waals surface area contributed by atoms with E-state index in [9.17, 15) is 9.90 Å². The third-order valence-corrected chi connectivity index (χ3v) is 4.06. The second-order valence-electron chi connectivity index (χ2n) is 4.42. The van der Waals surface area contributed by atoms with Gasteiger partial charge in [0.05, 0.1) is 10.4 Å². The molecule has 1 N–H and O–H groups in total. The molecule has 5 nitrogen and oxygen atoms in total. The Morgan fingerprint density at radius 2 is 2.10 bits per heavy atom. The van der Waals surface area contributed by atoms with Gasteiger partial charge in [-0.2, -0.15) is 0 Å². The zero-order valence-electron chi connectivity index (χ0n) is 11.4. The Balaban J connectivity index is 2.05. The number of aryl methyl sites for hydroxylation is 1. The predicted octanol–water partition coefficient (Wildman–Crippen LogP) is 4.35. The number of aromatic nitrogens is 1. The van der Waals surface area contributed by atoms with Crippen molar-refractivity contribution in [3.63, 3.8) is 0 Å². The zero-order valence-corrected chi connectivity index (χ0v) is 12.2. The molecule has 0 aliphatic rings. The van der Waals surface area contributed by atoms with Gasteiger partial charge in [0, 0.05) is 11.9 Å². The van der Waals surface area contributed by atoms with Crippen LogP contribution in [0.1, 0.15) is 16.6 Å². The molecule has 21 heavy (non-hydrogen) atoms. The normalized spacial score (nSPS) is 11.5. The number of thiophene rings is 1. The third-order valence-electron chi connectivity index (χ3n) is 3.21. The SMILES string of the molecule is CCn1c(O)c(N=NC(=O)c2cccs2)c2ccccc21. The molecule has 0 bridgehead atoms. The second-order valence-corrected chi connectivity index (χ2v) is 5.36. The van der Waals surface area contributed by atoms with Crippen LogP contribution in [-0.4, -0.2) is 15.6 Å². The highest BCUT2D eigenvalue weighted by atomic mass is 32.1. The highest BCUT2D eigenvalue weighted by Crippen LogP contribution is 2.38. The maximum absolute atomic E-state index is 11.9. The summed E-state index contributed by atoms with van der Waals surface area (Å²) in [4.78, 5) is 12.4. The molecule has 0 fully saturated rings. The van der Waals surface area contributed by atoms with Crippen molar-refractivity contribution in [2.75, 3.05) is 0 Å². The van der Waals surface area contributed by atoms with Gasteiger partial charge in [0.2, 0.25) is 5.88 Å². The third kappa shape index (κ3) is 2.34. The van der Waals surface area contributed by atoms with Crippen LogP contribution in [0.15, 0.2) is 52.0 Å². The first kappa shape index (κ1) is 13.5. The molecule has 1 aromatic carbocycles. The van der Waals surface area contributed by atoms with Crippen LogP contribution in [0, 0.1) is 0 Å². The molecule has 0 radical (unpaired) electrons. The van der Waals surface area contributed by atoms with Crippen molar-refractivity contribution in [2.45, 2.75) is 13.5 Å². The van der Waals surface area contributed by atoms with Crippen LogP contribution >= 0.6 is 11.3 Å². The molecule has 0 aliphatic carbocycles. The summed E-state index contributed by atoms with van der Waals surface area (Å²) in [5, 5.41) is 20.5. The van der Waals surface area contributed by atoms with Gasteiger partial charge in [-0.15, -0.1) is 21.6 Å². The van der Waals surface area contributed by atoms with Crippen LogP contribution in [0.25, 0.3) is 10.9 Å². The minimum absolute atomic E-state index is 0.0291. The molecule has 0 unspecified atom stereocenters. The molecule has 0 spiro atoms. The Bertz CT molecular complexity index is 819. The van der Waals surface area contributed by atoms with E-state index in [-0.39, 0.29) is 5.88 Å². The predicted molar refractivity (Wildman–Crippen MR) is 82.4 cm³/mol. The standard InChI is InChI=1S/C15H13N3O2S/c1-2-18-11-7-4-3-6-10(11)13(15(18)20)16-17-14(19)12-8-5-9-21-12/h3-9,20H,2H2,1H3. The number of carbonyl (C=O) groups excluding carboxylic acids is 1. The number of fused-ring (bicyclic) bond motifs is 1. The number of benzene rings is 1. The molecule has 6 heteroatoms. The Morgan fingerprint density at radius 3 is 2.81 bits per heavy atom. The van der Waals surface area contributed by atoms with Gasteiger partial charge in [-0.05, 0) is 24.4 Å². The van der Waals surface area contributed by atoms with Crippen LogP contribution in [0.5, 0.6) is 5.88 Å². The summed E-state index contributed by atoms with van der Waals surface area (Å²) < 4.78 is 1.74. The zero-order chi connectivity index (χ0) is 14.8. The van der Waals surface area contributed by atoms with Crippen LogP contribution < -0.4 is 0 Å². The van der Waals surface area contributed by atoms with E-state index in [1.807, 2.05) is 36.6 Å². The fraction of sp³-hybridized carbons (Fsp3) is 0.133. The van der Waals surface area contributed by atoms with E-state index in [2.05, 4.69) is 10.2 Å². The molecular formula is C15H13N3O2S. The molecular weight excluding hydrogens is 286 g/mol. The molecule has 0 saturated heterocycles. The quantitative estimate of drug-likeness (QED) is 0.730. The molecule has 3 aromatic rings. The van der Waals surface area contributed by atoms with Gasteiger partial charge in [-0.25, -0.2) is 0 Å². The van der Waals surface area contributed by atoms with Crippen LogP contribution in [-0.2, 0) is 6.54 Å². The van der Waals surface area contributed by atoms with E-state index in [4.69, 9.17) is 0 Å². The van der Waals surface area contributed by atoms with Crippen LogP contribution in [0.4, 0.5) is 5.69 Å². The van der Waals surface area contributed by atoms with Crippen molar-refractivity contribution in [3.05, 3.63) is 46.7 Å². The summed E-state index contributed by atoms with van der Waals surface area (Å²) in [6.45, 7) is 2.55. The van der Waals surface area contributed by atoms with Gasteiger partial charge in [-0.3, -0.25) is 4.79 Å². The molecule has 2 heterocycles. The van der Waals surface area contributed by atoms with Gasteiger partial charge in [0.1, 0.15) is 0 Å². The number of amides is 1. The Morgan fingerprint density at radius 1 is 1.29 bits per heavy atom. The summed E-state index contributed by atoms with van der Waals surface area (Å²) in [5.41, 5.74) is 1.20. The van der Waals surface area contributed by atoms with Crippen molar-refractivity contribution in [2.24, 2.45) is 10.2 Å². The highest BCUT2D eigenvalue weighted by Gasteiger charge is 2.15. The van der Waals surface area contributed by atoms with E-state index >= 15 is 0 Å². The number of rotatable bonds is 3. The average Bonchev–Trinajstić information content (AvgIpc) is 3.11. The number of hydrogen-bond acceptors (Lipinski definition) is 4. The first-order valence-electron chi connectivity index (χ1n) is 6.52. The van der Waals surface area contributed by atoms with Gasteiger partial charge in [0.25, 0.3) is 0 Å². The summed E-state index contributed by atoms with van der Waals surface area (Å²) >= 11 is 1.31. The fourth-order valence-electron chi connectivity index (χ4n) is 2.24. The van der Waals surface area contributed by atoms with Crippen molar-refractivity contribution in [1.29, 1.82) is 0 Å². The summed E-state index contributed by atoms with van der Waals surface area (Å²) in [6.07, 6.45) is 0. The van der Waals surface area contributed by atoms with Crippen LogP contribution in [0.3, 0.4) is 0 Å². The summed E-state index contributed by atoms with van der Waals surface area (Å²) in [7, 11) is 0.